The van der Waals surface area contributed by atoms with Crippen molar-refractivity contribution >= 4 is 5.91 Å². The number of nitrogens with one attached hydrogen (secondary N) is 1. The summed E-state index contributed by atoms with van der Waals surface area (Å²) in [4.78, 5) is 14.8. The third kappa shape index (κ3) is 4.51. The Balaban J connectivity index is 1.99. The van der Waals surface area contributed by atoms with E-state index >= 15 is 0 Å². The normalized spacial score (nSPS) is 15.1. The molecular weight excluding hydrogens is 296 g/mol. The highest BCUT2D eigenvalue weighted by Crippen LogP contribution is 2.34. The zero-order valence-corrected chi connectivity index (χ0v) is 14.2. The number of likely N-dealkylation sites (tertiary alicyclic amines) is 1. The van der Waals surface area contributed by atoms with Crippen molar-refractivity contribution in [2.75, 3.05) is 47.5 Å². The predicted octanol–water partition coefficient (Wildman–Crippen LogP) is 1.93. The van der Waals surface area contributed by atoms with Gasteiger partial charge < -0.3 is 24.4 Å². The molecule has 1 aromatic rings. The predicted molar refractivity (Wildman–Crippen MR) is 88.7 cm³/mol. The van der Waals surface area contributed by atoms with Gasteiger partial charge in [-0.05, 0) is 25.9 Å². The zero-order chi connectivity index (χ0) is 16.7. The Kier molecular flexibility index (Phi) is 6.52. The van der Waals surface area contributed by atoms with E-state index in [9.17, 15) is 4.79 Å². The molecule has 0 bridgehead atoms. The first-order valence-electron chi connectivity index (χ1n) is 8.00. The van der Waals surface area contributed by atoms with Crippen molar-refractivity contribution in [2.24, 2.45) is 0 Å². The Hall–Kier alpha value is -1.95. The van der Waals surface area contributed by atoms with Gasteiger partial charge in [-0.2, -0.15) is 0 Å². The lowest BCUT2D eigenvalue weighted by atomic mass is 10.1. The fourth-order valence-corrected chi connectivity index (χ4v) is 2.81. The van der Waals surface area contributed by atoms with Crippen LogP contribution < -0.4 is 19.5 Å². The van der Waals surface area contributed by atoms with Crippen molar-refractivity contribution in [3.63, 3.8) is 0 Å². The molecule has 1 amide bonds. The van der Waals surface area contributed by atoms with Gasteiger partial charge in [0.2, 0.25) is 0 Å². The summed E-state index contributed by atoms with van der Waals surface area (Å²) in [5.41, 5.74) is 0.448. The molecule has 1 aliphatic heterocycles. The molecule has 1 aromatic carbocycles. The lowest BCUT2D eigenvalue weighted by Crippen LogP contribution is -2.37. The van der Waals surface area contributed by atoms with E-state index in [2.05, 4.69) is 10.2 Å². The Morgan fingerprint density at radius 1 is 1.00 bits per heavy atom. The highest BCUT2D eigenvalue weighted by Gasteiger charge is 2.18. The maximum absolute atomic E-state index is 12.4. The van der Waals surface area contributed by atoms with Gasteiger partial charge in [0.15, 0.2) is 11.5 Å². The van der Waals surface area contributed by atoms with E-state index in [0.29, 0.717) is 29.4 Å². The minimum Gasteiger partial charge on any atom is -0.496 e. The maximum Gasteiger partial charge on any atom is 0.255 e. The highest BCUT2D eigenvalue weighted by molar-refractivity contribution is 5.97. The van der Waals surface area contributed by atoms with E-state index in [1.54, 1.807) is 26.4 Å². The fourth-order valence-electron chi connectivity index (χ4n) is 2.81. The van der Waals surface area contributed by atoms with Crippen LogP contribution in [-0.2, 0) is 0 Å². The molecule has 128 valence electrons. The number of carbonyl (C=O) groups is 1. The first kappa shape index (κ1) is 17.4. The number of amides is 1. The molecule has 0 saturated carbocycles. The summed E-state index contributed by atoms with van der Waals surface area (Å²) in [6, 6.07) is 3.31. The second-order valence-corrected chi connectivity index (χ2v) is 5.57. The van der Waals surface area contributed by atoms with Crippen LogP contribution in [0.15, 0.2) is 12.1 Å². The van der Waals surface area contributed by atoms with Gasteiger partial charge in [-0.15, -0.1) is 0 Å². The summed E-state index contributed by atoms with van der Waals surface area (Å²) >= 11 is 0. The molecule has 1 N–H and O–H groups in total. The maximum atomic E-state index is 12.4. The Morgan fingerprint density at radius 2 is 1.61 bits per heavy atom. The van der Waals surface area contributed by atoms with Crippen molar-refractivity contribution in [1.29, 1.82) is 0 Å². The average Bonchev–Trinajstić information content (AvgIpc) is 2.61. The summed E-state index contributed by atoms with van der Waals surface area (Å²) in [6.07, 6.45) is 3.81. The first-order valence-corrected chi connectivity index (χ1v) is 8.00. The van der Waals surface area contributed by atoms with Gasteiger partial charge in [0.1, 0.15) is 5.75 Å². The van der Waals surface area contributed by atoms with Gasteiger partial charge in [0, 0.05) is 25.2 Å². The molecule has 23 heavy (non-hydrogen) atoms. The summed E-state index contributed by atoms with van der Waals surface area (Å²) < 4.78 is 15.8. The van der Waals surface area contributed by atoms with E-state index in [0.717, 1.165) is 19.6 Å². The summed E-state index contributed by atoms with van der Waals surface area (Å²) in [5.74, 6) is 1.35. The van der Waals surface area contributed by atoms with Crippen LogP contribution >= 0.6 is 0 Å². The molecule has 1 aliphatic rings. The molecular formula is C17H26N2O4. The molecule has 0 spiro atoms. The fraction of sp³-hybridized carbons (Fsp3) is 0.588. The minimum absolute atomic E-state index is 0.167. The molecule has 1 fully saturated rings. The van der Waals surface area contributed by atoms with Crippen LogP contribution in [0.1, 0.15) is 29.6 Å². The van der Waals surface area contributed by atoms with Gasteiger partial charge >= 0.3 is 0 Å². The Labute approximate surface area is 137 Å². The van der Waals surface area contributed by atoms with Crippen molar-refractivity contribution in [2.45, 2.75) is 19.3 Å². The number of carbonyl (C=O) groups excluding carboxylic acids is 1. The Bertz CT molecular complexity index is 528. The van der Waals surface area contributed by atoms with E-state index in [1.165, 1.54) is 26.4 Å². The van der Waals surface area contributed by atoms with Crippen LogP contribution in [0.4, 0.5) is 0 Å². The molecule has 6 heteroatoms. The van der Waals surface area contributed by atoms with E-state index in [4.69, 9.17) is 14.2 Å². The van der Waals surface area contributed by atoms with E-state index in [1.807, 2.05) is 0 Å². The molecule has 0 radical (unpaired) electrons. The molecule has 2 rings (SSSR count). The third-order valence-corrected chi connectivity index (χ3v) is 4.11. The number of benzene rings is 1. The summed E-state index contributed by atoms with van der Waals surface area (Å²) in [6.45, 7) is 3.74. The first-order chi connectivity index (χ1) is 11.2. The van der Waals surface area contributed by atoms with Crippen LogP contribution in [-0.4, -0.2) is 58.3 Å². The number of ether oxygens (including phenoxy) is 3. The van der Waals surface area contributed by atoms with E-state index in [-0.39, 0.29) is 5.91 Å². The van der Waals surface area contributed by atoms with Crippen molar-refractivity contribution in [3.05, 3.63) is 17.7 Å². The lowest BCUT2D eigenvalue weighted by Gasteiger charge is -2.26. The molecule has 0 aromatic heterocycles. The SMILES string of the molecule is COc1cc(OC)c(C(=O)NCCN2CCCCC2)cc1OC. The monoisotopic (exact) mass is 322 g/mol. The van der Waals surface area contributed by atoms with Crippen LogP contribution in [0, 0.1) is 0 Å². The number of hydrogen-bond acceptors (Lipinski definition) is 5. The van der Waals surface area contributed by atoms with Gasteiger partial charge in [0.05, 0.1) is 26.9 Å². The number of piperidine rings is 1. The van der Waals surface area contributed by atoms with E-state index < -0.39 is 0 Å². The summed E-state index contributed by atoms with van der Waals surface area (Å²) in [5, 5.41) is 2.95. The van der Waals surface area contributed by atoms with Gasteiger partial charge in [-0.3, -0.25) is 4.79 Å². The largest absolute Gasteiger partial charge is 0.496 e. The van der Waals surface area contributed by atoms with Crippen LogP contribution in [0.3, 0.4) is 0 Å². The molecule has 0 atom stereocenters. The van der Waals surface area contributed by atoms with Gasteiger partial charge in [0.25, 0.3) is 5.91 Å². The standard InChI is InChI=1S/C17H26N2O4/c1-21-14-12-16(23-3)15(22-2)11-13(14)17(20)18-7-10-19-8-5-4-6-9-19/h11-12H,4-10H2,1-3H3,(H,18,20). The summed E-state index contributed by atoms with van der Waals surface area (Å²) in [7, 11) is 4.63. The zero-order valence-electron chi connectivity index (χ0n) is 14.2. The molecule has 0 unspecified atom stereocenters. The highest BCUT2D eigenvalue weighted by atomic mass is 16.5. The second kappa shape index (κ2) is 8.62. The van der Waals surface area contributed by atoms with Crippen molar-refractivity contribution in [3.8, 4) is 17.2 Å². The van der Waals surface area contributed by atoms with Gasteiger partial charge in [-0.25, -0.2) is 0 Å². The number of nitrogens with zero attached hydrogens (tertiary/aromatic N) is 1. The molecule has 1 saturated heterocycles. The third-order valence-electron chi connectivity index (χ3n) is 4.11. The Morgan fingerprint density at radius 3 is 2.22 bits per heavy atom. The lowest BCUT2D eigenvalue weighted by molar-refractivity contribution is 0.0943. The number of rotatable bonds is 7. The van der Waals surface area contributed by atoms with Crippen LogP contribution in [0.2, 0.25) is 0 Å². The van der Waals surface area contributed by atoms with Crippen molar-refractivity contribution < 1.29 is 19.0 Å². The second-order valence-electron chi connectivity index (χ2n) is 5.57. The molecule has 0 aliphatic carbocycles. The van der Waals surface area contributed by atoms with Crippen LogP contribution in [0.5, 0.6) is 17.2 Å². The van der Waals surface area contributed by atoms with Gasteiger partial charge in [-0.1, -0.05) is 6.42 Å². The van der Waals surface area contributed by atoms with Crippen LogP contribution in [0.25, 0.3) is 0 Å². The quantitative estimate of drug-likeness (QED) is 0.831. The minimum atomic E-state index is -0.167. The topological polar surface area (TPSA) is 60.0 Å². The number of hydrogen-bond donors (Lipinski definition) is 1. The molecule has 6 nitrogen and oxygen atoms in total. The van der Waals surface area contributed by atoms with Crippen molar-refractivity contribution in [1.82, 2.24) is 10.2 Å². The average molecular weight is 322 g/mol. The smallest absolute Gasteiger partial charge is 0.255 e. The number of methoxy groups -OCH3 is 3. The molecule has 1 heterocycles.